The third-order valence-corrected chi connectivity index (χ3v) is 1.83. The molecule has 1 aromatic rings. The Labute approximate surface area is 77.9 Å². The molecule has 0 bridgehead atoms. The van der Waals surface area contributed by atoms with Crippen molar-refractivity contribution in [3.05, 3.63) is 5.89 Å². The predicted molar refractivity (Wildman–Crippen MR) is 50.0 cm³/mol. The molecule has 0 aromatic carbocycles. The third-order valence-electron chi connectivity index (χ3n) is 1.83. The van der Waals surface area contributed by atoms with Crippen LogP contribution in [0.25, 0.3) is 0 Å². The average molecular weight is 184 g/mol. The smallest absolute Gasteiger partial charge is 0.312 e. The molecule has 1 heterocycles. The van der Waals surface area contributed by atoms with E-state index in [1.165, 1.54) is 0 Å². The Morgan fingerprint density at radius 2 is 2.15 bits per heavy atom. The van der Waals surface area contributed by atoms with E-state index in [1.54, 1.807) is 0 Å². The molecule has 74 valence electrons. The highest BCUT2D eigenvalue weighted by Crippen LogP contribution is 2.04. The first-order valence-corrected chi connectivity index (χ1v) is 4.56. The van der Waals surface area contributed by atoms with Gasteiger partial charge < -0.3 is 10.2 Å². The van der Waals surface area contributed by atoms with Crippen molar-refractivity contribution in [3.8, 4) is 0 Å². The second-order valence-electron chi connectivity index (χ2n) is 2.90. The molecule has 0 unspecified atom stereocenters. The molecule has 2 N–H and O–H groups in total. The summed E-state index contributed by atoms with van der Waals surface area (Å²) < 4.78 is 5.08. The molecular formula is C8H16N4O. The quantitative estimate of drug-likeness (QED) is 0.735. The first-order valence-electron chi connectivity index (χ1n) is 4.56. The lowest BCUT2D eigenvalue weighted by molar-refractivity contribution is 0.252. The van der Waals surface area contributed by atoms with Crippen molar-refractivity contribution in [1.82, 2.24) is 15.1 Å². The van der Waals surface area contributed by atoms with E-state index >= 15 is 0 Å². The van der Waals surface area contributed by atoms with Crippen molar-refractivity contribution in [1.29, 1.82) is 0 Å². The predicted octanol–water partition coefficient (Wildman–Crippen LogP) is 0.884. The summed E-state index contributed by atoms with van der Waals surface area (Å²) >= 11 is 0. The number of anilines is 1. The second kappa shape index (κ2) is 4.81. The minimum atomic E-state index is 0.141. The summed E-state index contributed by atoms with van der Waals surface area (Å²) in [6, 6.07) is 0.141. The zero-order chi connectivity index (χ0) is 9.68. The van der Waals surface area contributed by atoms with Crippen molar-refractivity contribution in [2.45, 2.75) is 26.8 Å². The van der Waals surface area contributed by atoms with Crippen LogP contribution < -0.4 is 5.73 Å². The normalized spacial score (nSPS) is 11.0. The number of rotatable bonds is 5. The molecule has 0 aliphatic carbocycles. The van der Waals surface area contributed by atoms with Crippen LogP contribution in [0.2, 0.25) is 0 Å². The largest absolute Gasteiger partial charge is 0.407 e. The van der Waals surface area contributed by atoms with E-state index in [4.69, 9.17) is 10.2 Å². The first-order chi connectivity index (χ1) is 6.26. The highest BCUT2D eigenvalue weighted by molar-refractivity contribution is 5.04. The molecule has 0 spiro atoms. The molecule has 0 amide bonds. The number of nitrogen functional groups attached to an aromatic ring is 1. The fourth-order valence-electron chi connectivity index (χ4n) is 1.19. The average Bonchev–Trinajstić information content (AvgIpc) is 2.50. The molecule has 1 aromatic heterocycles. The fourth-order valence-corrected chi connectivity index (χ4v) is 1.19. The molecule has 13 heavy (non-hydrogen) atoms. The van der Waals surface area contributed by atoms with Crippen LogP contribution in [0.1, 0.15) is 26.2 Å². The second-order valence-corrected chi connectivity index (χ2v) is 2.90. The van der Waals surface area contributed by atoms with E-state index in [1.807, 2.05) is 0 Å². The van der Waals surface area contributed by atoms with Gasteiger partial charge in [0.1, 0.15) is 0 Å². The Morgan fingerprint density at radius 1 is 1.38 bits per heavy atom. The summed E-state index contributed by atoms with van der Waals surface area (Å²) in [5.41, 5.74) is 5.31. The topological polar surface area (TPSA) is 68.2 Å². The monoisotopic (exact) mass is 184 g/mol. The zero-order valence-corrected chi connectivity index (χ0v) is 8.16. The van der Waals surface area contributed by atoms with Crippen LogP contribution >= 0.6 is 0 Å². The Kier molecular flexibility index (Phi) is 3.70. The molecule has 5 nitrogen and oxygen atoms in total. The van der Waals surface area contributed by atoms with E-state index in [2.05, 4.69) is 28.9 Å². The number of hydrogen-bond acceptors (Lipinski definition) is 5. The maximum absolute atomic E-state index is 5.31. The zero-order valence-electron chi connectivity index (χ0n) is 8.16. The van der Waals surface area contributed by atoms with Gasteiger partial charge in [-0.3, -0.25) is 4.90 Å². The third kappa shape index (κ3) is 3.02. The molecule has 0 radical (unpaired) electrons. The number of nitrogens with two attached hydrogens (primary N) is 1. The van der Waals surface area contributed by atoms with Crippen molar-refractivity contribution in [2.24, 2.45) is 0 Å². The van der Waals surface area contributed by atoms with Crippen molar-refractivity contribution in [2.75, 3.05) is 18.8 Å². The summed E-state index contributed by atoms with van der Waals surface area (Å²) in [5.74, 6) is 0.591. The maximum atomic E-state index is 5.31. The van der Waals surface area contributed by atoms with Gasteiger partial charge in [-0.05, 0) is 19.5 Å². The Hall–Kier alpha value is -1.10. The first kappa shape index (κ1) is 9.98. The summed E-state index contributed by atoms with van der Waals surface area (Å²) in [6.07, 6.45) is 1.12. The van der Waals surface area contributed by atoms with E-state index in [-0.39, 0.29) is 6.01 Å². The lowest BCUT2D eigenvalue weighted by Crippen LogP contribution is -2.23. The van der Waals surface area contributed by atoms with Crippen LogP contribution in [-0.4, -0.2) is 28.2 Å². The van der Waals surface area contributed by atoms with Gasteiger partial charge in [0.15, 0.2) is 0 Å². The van der Waals surface area contributed by atoms with Crippen molar-refractivity contribution >= 4 is 6.01 Å². The Balaban J connectivity index is 2.46. The minimum Gasteiger partial charge on any atom is -0.407 e. The van der Waals surface area contributed by atoms with Crippen LogP contribution in [0.5, 0.6) is 0 Å². The van der Waals surface area contributed by atoms with E-state index in [0.717, 1.165) is 19.5 Å². The molecule has 0 aliphatic rings. The van der Waals surface area contributed by atoms with E-state index < -0.39 is 0 Å². The highest BCUT2D eigenvalue weighted by Gasteiger charge is 2.07. The van der Waals surface area contributed by atoms with E-state index in [9.17, 15) is 0 Å². The van der Waals surface area contributed by atoms with Gasteiger partial charge in [-0.15, -0.1) is 5.10 Å². The Morgan fingerprint density at radius 3 is 2.62 bits per heavy atom. The lowest BCUT2D eigenvalue weighted by atomic mass is 10.4. The molecular weight excluding hydrogens is 168 g/mol. The van der Waals surface area contributed by atoms with Crippen LogP contribution in [0, 0.1) is 0 Å². The van der Waals surface area contributed by atoms with Crippen molar-refractivity contribution < 1.29 is 4.42 Å². The van der Waals surface area contributed by atoms with Gasteiger partial charge in [0.05, 0.1) is 6.54 Å². The Bertz CT molecular complexity index is 248. The van der Waals surface area contributed by atoms with Crippen LogP contribution in [0.3, 0.4) is 0 Å². The van der Waals surface area contributed by atoms with Gasteiger partial charge >= 0.3 is 6.01 Å². The number of nitrogens with zero attached hydrogens (tertiary/aromatic N) is 3. The summed E-state index contributed by atoms with van der Waals surface area (Å²) in [4.78, 5) is 2.23. The standard InChI is InChI=1S/C8H16N4O/c1-3-5-12(4-2)6-7-10-11-8(9)13-7/h3-6H2,1-2H3,(H2,9,11). The van der Waals surface area contributed by atoms with Gasteiger partial charge in [0, 0.05) is 0 Å². The van der Waals surface area contributed by atoms with Crippen LogP contribution in [-0.2, 0) is 6.54 Å². The van der Waals surface area contributed by atoms with Gasteiger partial charge in [0.2, 0.25) is 5.89 Å². The highest BCUT2D eigenvalue weighted by atomic mass is 16.4. The van der Waals surface area contributed by atoms with Gasteiger partial charge in [0.25, 0.3) is 0 Å². The molecule has 0 aliphatic heterocycles. The van der Waals surface area contributed by atoms with Gasteiger partial charge in [-0.25, -0.2) is 0 Å². The molecule has 0 saturated carbocycles. The molecule has 1 rings (SSSR count). The summed E-state index contributed by atoms with van der Waals surface area (Å²) in [6.45, 7) is 6.96. The fraction of sp³-hybridized carbons (Fsp3) is 0.750. The molecule has 0 fully saturated rings. The van der Waals surface area contributed by atoms with Gasteiger partial charge in [-0.1, -0.05) is 18.9 Å². The summed E-state index contributed by atoms with van der Waals surface area (Å²) in [5, 5.41) is 7.40. The minimum absolute atomic E-state index is 0.141. The number of hydrogen-bond donors (Lipinski definition) is 1. The molecule has 0 saturated heterocycles. The molecule has 5 heteroatoms. The van der Waals surface area contributed by atoms with Crippen molar-refractivity contribution in [3.63, 3.8) is 0 Å². The van der Waals surface area contributed by atoms with Crippen LogP contribution in [0.4, 0.5) is 6.01 Å². The SMILES string of the molecule is CCCN(CC)Cc1nnc(N)o1. The lowest BCUT2D eigenvalue weighted by Gasteiger charge is -2.16. The van der Waals surface area contributed by atoms with Gasteiger partial charge in [-0.2, -0.15) is 0 Å². The van der Waals surface area contributed by atoms with E-state index in [0.29, 0.717) is 12.4 Å². The van der Waals surface area contributed by atoms with Crippen LogP contribution in [0.15, 0.2) is 4.42 Å². The number of aromatic nitrogens is 2. The molecule has 0 atom stereocenters. The summed E-state index contributed by atoms with van der Waals surface area (Å²) in [7, 11) is 0. The maximum Gasteiger partial charge on any atom is 0.312 e.